The van der Waals surface area contributed by atoms with E-state index >= 15 is 0 Å². The average molecular weight is 471 g/mol. The molecule has 9 heteroatoms. The van der Waals surface area contributed by atoms with Crippen molar-refractivity contribution in [2.45, 2.75) is 20.0 Å². The lowest BCUT2D eigenvalue weighted by Crippen LogP contribution is -2.48. The summed E-state index contributed by atoms with van der Waals surface area (Å²) in [5, 5.41) is 4.15. The van der Waals surface area contributed by atoms with E-state index in [1.54, 1.807) is 37.3 Å². The Morgan fingerprint density at radius 2 is 1.80 bits per heavy atom. The summed E-state index contributed by atoms with van der Waals surface area (Å²) in [7, 11) is 0. The van der Waals surface area contributed by atoms with Crippen molar-refractivity contribution in [2.24, 2.45) is 0 Å². The number of rotatable bonds is 5. The van der Waals surface area contributed by atoms with Gasteiger partial charge in [-0.3, -0.25) is 25.2 Å². The van der Waals surface area contributed by atoms with Crippen molar-refractivity contribution < 1.29 is 14.3 Å². The summed E-state index contributed by atoms with van der Waals surface area (Å²) in [4.78, 5) is 36.9. The van der Waals surface area contributed by atoms with Gasteiger partial charge in [-0.1, -0.05) is 40.2 Å². The number of nitrogens with zero attached hydrogens (tertiary/aromatic N) is 2. The number of carbonyl (C=O) groups excluding carboxylic acids is 2. The number of benzene rings is 2. The molecule has 0 radical (unpaired) electrons. The standard InChI is InChI=1S/C21H19BrN4O4/c1-13-11-18(27)19(25-26(13)16-8-4-3-5-9-16)21(29)24-23-20(28)14(2)30-17-10-6-7-15(22)12-17/h3-12,14H,1-2H3,(H,23,28)(H,24,29). The highest BCUT2D eigenvalue weighted by molar-refractivity contribution is 9.10. The van der Waals surface area contributed by atoms with Crippen LogP contribution in [-0.2, 0) is 4.79 Å². The molecule has 0 aliphatic rings. The molecule has 2 aromatic carbocycles. The molecule has 0 bridgehead atoms. The molecular formula is C21H19BrN4O4. The molecule has 8 nitrogen and oxygen atoms in total. The van der Waals surface area contributed by atoms with Crippen molar-refractivity contribution in [3.8, 4) is 11.4 Å². The van der Waals surface area contributed by atoms with E-state index in [4.69, 9.17) is 4.74 Å². The highest BCUT2D eigenvalue weighted by Crippen LogP contribution is 2.18. The molecule has 0 spiro atoms. The van der Waals surface area contributed by atoms with E-state index in [1.165, 1.54) is 17.7 Å². The van der Waals surface area contributed by atoms with Gasteiger partial charge in [0.25, 0.3) is 11.8 Å². The Hall–Kier alpha value is -3.46. The van der Waals surface area contributed by atoms with Crippen LogP contribution >= 0.6 is 15.9 Å². The monoisotopic (exact) mass is 470 g/mol. The van der Waals surface area contributed by atoms with Crippen molar-refractivity contribution in [1.82, 2.24) is 20.6 Å². The van der Waals surface area contributed by atoms with Crippen molar-refractivity contribution in [3.05, 3.63) is 86.7 Å². The average Bonchev–Trinajstić information content (AvgIpc) is 2.72. The van der Waals surface area contributed by atoms with Crippen LogP contribution in [0.3, 0.4) is 0 Å². The predicted octanol–water partition coefficient (Wildman–Crippen LogP) is 2.53. The van der Waals surface area contributed by atoms with Gasteiger partial charge in [0.2, 0.25) is 5.43 Å². The second-order valence-corrected chi connectivity index (χ2v) is 7.32. The summed E-state index contributed by atoms with van der Waals surface area (Å²) < 4.78 is 7.83. The van der Waals surface area contributed by atoms with Crippen LogP contribution in [0.2, 0.25) is 0 Å². The third kappa shape index (κ3) is 5.12. The normalized spacial score (nSPS) is 11.4. The first-order chi connectivity index (χ1) is 14.3. The molecule has 154 valence electrons. The molecule has 3 aromatic rings. The zero-order chi connectivity index (χ0) is 21.7. The quantitative estimate of drug-likeness (QED) is 0.557. The molecule has 0 fully saturated rings. The number of nitrogens with one attached hydrogen (secondary N) is 2. The molecule has 1 atom stereocenters. The van der Waals surface area contributed by atoms with Crippen LogP contribution in [0, 0.1) is 6.92 Å². The Morgan fingerprint density at radius 3 is 2.50 bits per heavy atom. The van der Waals surface area contributed by atoms with Gasteiger partial charge in [0.15, 0.2) is 11.8 Å². The fraction of sp³-hybridized carbons (Fsp3) is 0.143. The van der Waals surface area contributed by atoms with E-state index in [-0.39, 0.29) is 5.69 Å². The van der Waals surface area contributed by atoms with Gasteiger partial charge in [0.05, 0.1) is 5.69 Å². The summed E-state index contributed by atoms with van der Waals surface area (Å²) in [5.41, 5.74) is 4.84. The minimum absolute atomic E-state index is 0.342. The largest absolute Gasteiger partial charge is 0.481 e. The van der Waals surface area contributed by atoms with Crippen LogP contribution in [0.4, 0.5) is 0 Å². The van der Waals surface area contributed by atoms with Gasteiger partial charge in [-0.25, -0.2) is 4.68 Å². The van der Waals surface area contributed by atoms with Crippen LogP contribution < -0.4 is 21.0 Å². The zero-order valence-corrected chi connectivity index (χ0v) is 17.8. The minimum Gasteiger partial charge on any atom is -0.481 e. The fourth-order valence-corrected chi connectivity index (χ4v) is 2.99. The molecule has 0 saturated carbocycles. The highest BCUT2D eigenvalue weighted by atomic mass is 79.9. The van der Waals surface area contributed by atoms with E-state index in [1.807, 2.05) is 24.3 Å². The van der Waals surface area contributed by atoms with Crippen molar-refractivity contribution in [3.63, 3.8) is 0 Å². The Labute approximate surface area is 181 Å². The van der Waals surface area contributed by atoms with Gasteiger partial charge >= 0.3 is 0 Å². The van der Waals surface area contributed by atoms with Gasteiger partial charge in [0, 0.05) is 16.2 Å². The van der Waals surface area contributed by atoms with Gasteiger partial charge in [-0.05, 0) is 44.2 Å². The van der Waals surface area contributed by atoms with Gasteiger partial charge in [-0.2, -0.15) is 5.10 Å². The van der Waals surface area contributed by atoms with E-state index in [9.17, 15) is 14.4 Å². The first-order valence-electron chi connectivity index (χ1n) is 9.04. The number of amides is 2. The lowest BCUT2D eigenvalue weighted by Gasteiger charge is -2.15. The maximum Gasteiger partial charge on any atom is 0.294 e. The summed E-state index contributed by atoms with van der Waals surface area (Å²) >= 11 is 3.32. The highest BCUT2D eigenvalue weighted by Gasteiger charge is 2.19. The summed E-state index contributed by atoms with van der Waals surface area (Å²) in [6.07, 6.45) is -0.883. The molecule has 1 unspecified atom stereocenters. The van der Waals surface area contributed by atoms with Crippen LogP contribution in [0.15, 0.2) is 69.9 Å². The Kier molecular flexibility index (Phi) is 6.63. The van der Waals surface area contributed by atoms with E-state index in [0.717, 1.165) is 4.47 Å². The number of ether oxygens (including phenoxy) is 1. The second kappa shape index (κ2) is 9.36. The number of hydrogen-bond acceptors (Lipinski definition) is 5. The number of halogens is 1. The van der Waals surface area contributed by atoms with E-state index < -0.39 is 23.3 Å². The molecule has 2 amide bonds. The number of hydrazine groups is 1. The topological polar surface area (TPSA) is 102 Å². The molecule has 3 rings (SSSR count). The van der Waals surface area contributed by atoms with Gasteiger partial charge in [0.1, 0.15) is 5.75 Å². The van der Waals surface area contributed by atoms with Crippen LogP contribution in [-0.4, -0.2) is 27.7 Å². The van der Waals surface area contributed by atoms with Gasteiger partial charge < -0.3 is 4.74 Å². The Bertz CT molecular complexity index is 1130. The first kappa shape index (κ1) is 21.3. The predicted molar refractivity (Wildman–Crippen MR) is 114 cm³/mol. The molecule has 0 saturated heterocycles. The van der Waals surface area contributed by atoms with Crippen molar-refractivity contribution in [1.29, 1.82) is 0 Å². The second-order valence-electron chi connectivity index (χ2n) is 6.41. The van der Waals surface area contributed by atoms with Crippen LogP contribution in [0.1, 0.15) is 23.1 Å². The number of aromatic nitrogens is 2. The van der Waals surface area contributed by atoms with Crippen molar-refractivity contribution >= 4 is 27.7 Å². The molecule has 30 heavy (non-hydrogen) atoms. The lowest BCUT2D eigenvalue weighted by molar-refractivity contribution is -0.128. The van der Waals surface area contributed by atoms with Crippen LogP contribution in [0.25, 0.3) is 5.69 Å². The number of hydrogen-bond donors (Lipinski definition) is 2. The maximum absolute atomic E-state index is 12.4. The summed E-state index contributed by atoms with van der Waals surface area (Å²) in [6, 6.07) is 17.4. The number of para-hydroxylation sites is 1. The SMILES string of the molecule is Cc1cc(=O)c(C(=O)NNC(=O)C(C)Oc2cccc(Br)c2)nn1-c1ccccc1. The van der Waals surface area contributed by atoms with Crippen molar-refractivity contribution in [2.75, 3.05) is 0 Å². The number of carbonyl (C=O) groups is 2. The van der Waals surface area contributed by atoms with Gasteiger partial charge in [-0.15, -0.1) is 0 Å². The Balaban J connectivity index is 1.68. The summed E-state index contributed by atoms with van der Waals surface area (Å²) in [5.74, 6) is -0.921. The number of aryl methyl sites for hydroxylation is 1. The molecule has 1 aromatic heterocycles. The molecule has 2 N–H and O–H groups in total. The Morgan fingerprint density at radius 1 is 1.07 bits per heavy atom. The van der Waals surface area contributed by atoms with E-state index in [0.29, 0.717) is 17.1 Å². The zero-order valence-electron chi connectivity index (χ0n) is 16.3. The van der Waals surface area contributed by atoms with E-state index in [2.05, 4.69) is 31.9 Å². The summed E-state index contributed by atoms with van der Waals surface area (Å²) in [6.45, 7) is 3.25. The van der Waals surface area contributed by atoms with Crippen LogP contribution in [0.5, 0.6) is 5.75 Å². The molecule has 0 aliphatic heterocycles. The lowest BCUT2D eigenvalue weighted by atomic mass is 10.3. The maximum atomic E-state index is 12.4. The molecular weight excluding hydrogens is 452 g/mol. The smallest absolute Gasteiger partial charge is 0.294 e. The third-order valence-electron chi connectivity index (χ3n) is 4.10. The molecule has 1 heterocycles. The molecule has 0 aliphatic carbocycles. The fourth-order valence-electron chi connectivity index (χ4n) is 2.61. The minimum atomic E-state index is -0.883. The first-order valence-corrected chi connectivity index (χ1v) is 9.83. The third-order valence-corrected chi connectivity index (χ3v) is 4.59.